The summed E-state index contributed by atoms with van der Waals surface area (Å²) in [6.45, 7) is 1.24. The molecule has 1 heterocycles. The molecule has 0 saturated carbocycles. The molecule has 1 aromatic carbocycles. The molecule has 1 aromatic rings. The monoisotopic (exact) mass is 236 g/mol. The van der Waals surface area contributed by atoms with Gasteiger partial charge in [0.2, 0.25) is 0 Å². The molecule has 1 aliphatic heterocycles. The highest BCUT2D eigenvalue weighted by atomic mass is 16.5. The second kappa shape index (κ2) is 4.55. The number of likely N-dealkylation sites (N-methyl/N-ethyl adjacent to an activating group) is 1. The number of para-hydroxylation sites is 1. The number of fused-ring (bicyclic) bond motifs is 1. The summed E-state index contributed by atoms with van der Waals surface area (Å²) in [4.78, 5) is 2.17. The highest BCUT2D eigenvalue weighted by molar-refractivity contribution is 5.51. The fraction of sp³-hybridized carbons (Fsp3) is 0.538. The predicted octanol–water partition coefficient (Wildman–Crippen LogP) is 1.19. The van der Waals surface area contributed by atoms with Gasteiger partial charge in [-0.2, -0.15) is 0 Å². The van der Waals surface area contributed by atoms with Crippen molar-refractivity contribution in [2.75, 3.05) is 34.4 Å². The molecule has 0 aromatic heterocycles. The van der Waals surface area contributed by atoms with E-state index in [0.29, 0.717) is 13.2 Å². The SMILES string of the molecule is COc1cccc2c1OCCC2(CN)N(C)C. The first-order valence-corrected chi connectivity index (χ1v) is 5.83. The molecule has 1 aliphatic rings. The molecule has 0 amide bonds. The van der Waals surface area contributed by atoms with Crippen LogP contribution < -0.4 is 15.2 Å². The van der Waals surface area contributed by atoms with E-state index in [1.54, 1.807) is 7.11 Å². The van der Waals surface area contributed by atoms with E-state index in [2.05, 4.69) is 25.1 Å². The quantitative estimate of drug-likeness (QED) is 0.856. The van der Waals surface area contributed by atoms with E-state index in [1.807, 2.05) is 12.1 Å². The number of nitrogens with zero attached hydrogens (tertiary/aromatic N) is 1. The first-order valence-electron chi connectivity index (χ1n) is 5.83. The van der Waals surface area contributed by atoms with Crippen LogP contribution in [-0.4, -0.2) is 39.3 Å². The molecule has 2 rings (SSSR count). The third kappa shape index (κ3) is 1.77. The summed E-state index contributed by atoms with van der Waals surface area (Å²) in [7, 11) is 5.77. The summed E-state index contributed by atoms with van der Waals surface area (Å²) < 4.78 is 11.1. The average Bonchev–Trinajstić information content (AvgIpc) is 2.36. The fourth-order valence-electron chi connectivity index (χ4n) is 2.51. The number of nitrogens with two attached hydrogens (primary N) is 1. The Kier molecular flexibility index (Phi) is 3.26. The first-order chi connectivity index (χ1) is 8.15. The molecule has 17 heavy (non-hydrogen) atoms. The van der Waals surface area contributed by atoms with Crippen LogP contribution in [0.2, 0.25) is 0 Å². The molecule has 4 nitrogen and oxygen atoms in total. The van der Waals surface area contributed by atoms with Crippen molar-refractivity contribution in [1.29, 1.82) is 0 Å². The number of hydrogen-bond acceptors (Lipinski definition) is 4. The van der Waals surface area contributed by atoms with Gasteiger partial charge in [0, 0.05) is 18.5 Å². The molecule has 0 saturated heterocycles. The summed E-state index contributed by atoms with van der Waals surface area (Å²) in [5.41, 5.74) is 6.98. The van der Waals surface area contributed by atoms with Crippen molar-refractivity contribution in [1.82, 2.24) is 4.90 Å². The molecular weight excluding hydrogens is 216 g/mol. The maximum absolute atomic E-state index is 6.01. The summed E-state index contributed by atoms with van der Waals surface area (Å²) in [5.74, 6) is 1.61. The van der Waals surface area contributed by atoms with Crippen LogP contribution in [0.4, 0.5) is 0 Å². The summed E-state index contributed by atoms with van der Waals surface area (Å²) >= 11 is 0. The minimum atomic E-state index is -0.151. The Bertz CT molecular complexity index is 406. The molecule has 0 radical (unpaired) electrons. The van der Waals surface area contributed by atoms with Gasteiger partial charge < -0.3 is 15.2 Å². The minimum absolute atomic E-state index is 0.151. The molecule has 0 spiro atoms. The lowest BCUT2D eigenvalue weighted by Crippen LogP contribution is -2.50. The normalized spacial score (nSPS) is 23.1. The highest BCUT2D eigenvalue weighted by Gasteiger charge is 2.39. The van der Waals surface area contributed by atoms with Gasteiger partial charge in [-0.25, -0.2) is 0 Å². The van der Waals surface area contributed by atoms with Crippen molar-refractivity contribution < 1.29 is 9.47 Å². The number of benzene rings is 1. The van der Waals surface area contributed by atoms with Gasteiger partial charge in [0.15, 0.2) is 11.5 Å². The highest BCUT2D eigenvalue weighted by Crippen LogP contribution is 2.44. The maximum Gasteiger partial charge on any atom is 0.166 e. The molecule has 0 fully saturated rings. The van der Waals surface area contributed by atoms with Gasteiger partial charge >= 0.3 is 0 Å². The van der Waals surface area contributed by atoms with Crippen molar-refractivity contribution in [3.63, 3.8) is 0 Å². The number of hydrogen-bond donors (Lipinski definition) is 1. The topological polar surface area (TPSA) is 47.7 Å². The van der Waals surface area contributed by atoms with E-state index in [-0.39, 0.29) is 5.54 Å². The van der Waals surface area contributed by atoms with Gasteiger partial charge in [-0.3, -0.25) is 4.90 Å². The van der Waals surface area contributed by atoms with Crippen LogP contribution in [0.25, 0.3) is 0 Å². The van der Waals surface area contributed by atoms with Crippen LogP contribution >= 0.6 is 0 Å². The second-order valence-corrected chi connectivity index (χ2v) is 4.57. The van der Waals surface area contributed by atoms with Gasteiger partial charge in [0.25, 0.3) is 0 Å². The number of ether oxygens (including phenoxy) is 2. The van der Waals surface area contributed by atoms with Crippen LogP contribution in [0, 0.1) is 0 Å². The van der Waals surface area contributed by atoms with Crippen LogP contribution in [0.3, 0.4) is 0 Å². The largest absolute Gasteiger partial charge is 0.493 e. The zero-order valence-electron chi connectivity index (χ0n) is 10.7. The van der Waals surface area contributed by atoms with Crippen LogP contribution in [0.15, 0.2) is 18.2 Å². The lowest BCUT2D eigenvalue weighted by Gasteiger charge is -2.43. The predicted molar refractivity (Wildman–Crippen MR) is 67.5 cm³/mol. The Morgan fingerprint density at radius 1 is 1.47 bits per heavy atom. The lowest BCUT2D eigenvalue weighted by atomic mass is 9.83. The van der Waals surface area contributed by atoms with Crippen molar-refractivity contribution in [3.05, 3.63) is 23.8 Å². The zero-order chi connectivity index (χ0) is 12.5. The lowest BCUT2D eigenvalue weighted by molar-refractivity contribution is 0.0915. The summed E-state index contributed by atoms with van der Waals surface area (Å²) in [5, 5.41) is 0. The van der Waals surface area contributed by atoms with E-state index in [1.165, 1.54) is 0 Å². The second-order valence-electron chi connectivity index (χ2n) is 4.57. The average molecular weight is 236 g/mol. The van der Waals surface area contributed by atoms with Crippen molar-refractivity contribution in [2.24, 2.45) is 5.73 Å². The third-order valence-corrected chi connectivity index (χ3v) is 3.66. The van der Waals surface area contributed by atoms with Gasteiger partial charge in [-0.05, 0) is 20.2 Å². The van der Waals surface area contributed by atoms with E-state index in [4.69, 9.17) is 15.2 Å². The van der Waals surface area contributed by atoms with Gasteiger partial charge in [-0.1, -0.05) is 12.1 Å². The Labute approximate surface area is 102 Å². The smallest absolute Gasteiger partial charge is 0.166 e. The molecule has 0 aliphatic carbocycles. The minimum Gasteiger partial charge on any atom is -0.493 e. The number of methoxy groups -OCH3 is 1. The molecular formula is C13H20N2O2. The van der Waals surface area contributed by atoms with Crippen molar-refractivity contribution >= 4 is 0 Å². The molecule has 1 atom stereocenters. The van der Waals surface area contributed by atoms with E-state index in [0.717, 1.165) is 23.5 Å². The van der Waals surface area contributed by atoms with Crippen LogP contribution in [0.5, 0.6) is 11.5 Å². The summed E-state index contributed by atoms with van der Waals surface area (Å²) in [6, 6.07) is 5.98. The third-order valence-electron chi connectivity index (χ3n) is 3.66. The van der Waals surface area contributed by atoms with Gasteiger partial charge in [0.1, 0.15) is 0 Å². The van der Waals surface area contributed by atoms with Gasteiger partial charge in [-0.15, -0.1) is 0 Å². The summed E-state index contributed by atoms with van der Waals surface area (Å²) in [6.07, 6.45) is 0.899. The Hall–Kier alpha value is -1.26. The van der Waals surface area contributed by atoms with E-state index < -0.39 is 0 Å². The Morgan fingerprint density at radius 3 is 2.82 bits per heavy atom. The molecule has 4 heteroatoms. The van der Waals surface area contributed by atoms with E-state index >= 15 is 0 Å². The molecule has 2 N–H and O–H groups in total. The van der Waals surface area contributed by atoms with Crippen molar-refractivity contribution in [2.45, 2.75) is 12.0 Å². The van der Waals surface area contributed by atoms with Crippen LogP contribution in [-0.2, 0) is 5.54 Å². The van der Waals surface area contributed by atoms with Gasteiger partial charge in [0.05, 0.1) is 19.3 Å². The molecule has 1 unspecified atom stereocenters. The molecule has 94 valence electrons. The molecule has 0 bridgehead atoms. The number of rotatable bonds is 3. The Balaban J connectivity index is 2.58. The van der Waals surface area contributed by atoms with Crippen LogP contribution in [0.1, 0.15) is 12.0 Å². The first kappa shape index (κ1) is 12.2. The maximum atomic E-state index is 6.01. The zero-order valence-corrected chi connectivity index (χ0v) is 10.7. The fourth-order valence-corrected chi connectivity index (χ4v) is 2.51. The van der Waals surface area contributed by atoms with Crippen molar-refractivity contribution in [3.8, 4) is 11.5 Å². The standard InChI is InChI=1S/C13H20N2O2/c1-15(2)13(9-14)7-8-17-12-10(13)5-4-6-11(12)16-3/h4-6H,7-9,14H2,1-3H3. The Morgan fingerprint density at radius 2 is 2.24 bits per heavy atom. The van der Waals surface area contributed by atoms with E-state index in [9.17, 15) is 0 Å².